The molecule has 5 aromatic heterocycles. The van der Waals surface area contributed by atoms with E-state index in [1.165, 1.54) is 11.5 Å². The number of nitrogens with zero attached hydrogens (tertiary/aromatic N) is 7. The predicted molar refractivity (Wildman–Crippen MR) is 97.8 cm³/mol. The van der Waals surface area contributed by atoms with Gasteiger partial charge in [-0.25, -0.2) is 9.97 Å². The van der Waals surface area contributed by atoms with E-state index in [4.69, 9.17) is 0 Å². The number of hydrogen-bond acceptors (Lipinski definition) is 8. The number of nitrogens with one attached hydrogen (secondary N) is 2. The molecule has 0 aromatic carbocycles. The first kappa shape index (κ1) is 14.9. The molecule has 0 aliphatic rings. The highest BCUT2D eigenvalue weighted by atomic mass is 32.1. The molecule has 0 saturated heterocycles. The number of fused-ring (bicyclic) bond motifs is 2. The van der Waals surface area contributed by atoms with Crippen molar-refractivity contribution in [2.45, 2.75) is 13.5 Å². The number of aryl methyl sites for hydroxylation is 1. The second-order valence-electron chi connectivity index (χ2n) is 5.75. The minimum Gasteiger partial charge on any atom is -0.376 e. The second kappa shape index (κ2) is 5.85. The van der Waals surface area contributed by atoms with Crippen LogP contribution in [0.4, 0.5) is 5.69 Å². The van der Waals surface area contributed by atoms with Crippen molar-refractivity contribution in [2.24, 2.45) is 0 Å². The van der Waals surface area contributed by atoms with Gasteiger partial charge >= 0.3 is 0 Å². The van der Waals surface area contributed by atoms with Crippen LogP contribution in [0.1, 0.15) is 11.5 Å². The van der Waals surface area contributed by atoms with E-state index < -0.39 is 0 Å². The quantitative estimate of drug-likeness (QED) is 0.504. The molecule has 5 rings (SSSR count). The Morgan fingerprint density at radius 3 is 3.04 bits per heavy atom. The van der Waals surface area contributed by atoms with Crippen LogP contribution in [0.25, 0.3) is 27.4 Å². The fourth-order valence-electron chi connectivity index (χ4n) is 2.72. The van der Waals surface area contributed by atoms with Crippen LogP contribution >= 0.6 is 11.5 Å². The highest BCUT2D eigenvalue weighted by molar-refractivity contribution is 7.09. The van der Waals surface area contributed by atoms with Gasteiger partial charge in [-0.1, -0.05) is 0 Å². The van der Waals surface area contributed by atoms with Crippen LogP contribution in [-0.2, 0) is 6.54 Å². The summed E-state index contributed by atoms with van der Waals surface area (Å²) < 4.78 is 6.07. The molecule has 5 aromatic rings. The molecule has 2 N–H and O–H groups in total. The molecule has 0 saturated carbocycles. The highest BCUT2D eigenvalue weighted by Gasteiger charge is 2.11. The van der Waals surface area contributed by atoms with Gasteiger partial charge in [-0.15, -0.1) is 10.2 Å². The van der Waals surface area contributed by atoms with Crippen LogP contribution in [0, 0.1) is 6.92 Å². The summed E-state index contributed by atoms with van der Waals surface area (Å²) in [5, 5.41) is 16.4. The third-order valence-corrected chi connectivity index (χ3v) is 4.87. The standard InChI is InChI=1S/C16H13N9S/c1-9-6-12(26-24-9)10-2-3-13-21-22-14(25(13)23-10)7-18-11-4-5-17-16-15(11)19-8-20-16/h2-6,8H,7H2,1H3,(H2,17,18,19,20). The van der Waals surface area contributed by atoms with Gasteiger partial charge in [0, 0.05) is 6.20 Å². The predicted octanol–water partition coefficient (Wildman–Crippen LogP) is 2.44. The van der Waals surface area contributed by atoms with E-state index in [2.05, 4.69) is 39.9 Å². The summed E-state index contributed by atoms with van der Waals surface area (Å²) >= 11 is 1.43. The first-order chi connectivity index (χ1) is 12.8. The smallest absolute Gasteiger partial charge is 0.178 e. The summed E-state index contributed by atoms with van der Waals surface area (Å²) in [4.78, 5) is 12.5. The van der Waals surface area contributed by atoms with Crippen molar-refractivity contribution >= 4 is 34.0 Å². The number of hydrogen-bond donors (Lipinski definition) is 2. The molecule has 0 spiro atoms. The van der Waals surface area contributed by atoms with E-state index >= 15 is 0 Å². The molecule has 0 fully saturated rings. The Kier molecular flexibility index (Phi) is 3.35. The van der Waals surface area contributed by atoms with Crippen molar-refractivity contribution in [1.29, 1.82) is 0 Å². The molecule has 5 heterocycles. The lowest BCUT2D eigenvalue weighted by atomic mass is 10.3. The summed E-state index contributed by atoms with van der Waals surface area (Å²) in [5.41, 5.74) is 4.94. The number of anilines is 1. The zero-order valence-corrected chi connectivity index (χ0v) is 14.5. The molecule has 0 aliphatic heterocycles. The zero-order chi connectivity index (χ0) is 17.5. The van der Waals surface area contributed by atoms with Crippen LogP contribution in [0.15, 0.2) is 36.8 Å². The fourth-order valence-corrected chi connectivity index (χ4v) is 3.45. The normalized spacial score (nSPS) is 11.4. The average molecular weight is 363 g/mol. The molecule has 0 radical (unpaired) electrons. The number of aromatic amines is 1. The fraction of sp³-hybridized carbons (Fsp3) is 0.125. The van der Waals surface area contributed by atoms with Crippen molar-refractivity contribution in [3.05, 3.63) is 48.3 Å². The number of aromatic nitrogens is 8. The van der Waals surface area contributed by atoms with Crippen LogP contribution in [0.5, 0.6) is 0 Å². The van der Waals surface area contributed by atoms with Gasteiger partial charge in [-0.3, -0.25) is 0 Å². The summed E-state index contributed by atoms with van der Waals surface area (Å²) in [6, 6.07) is 7.74. The number of imidazole rings is 1. The first-order valence-corrected chi connectivity index (χ1v) is 8.72. The Bertz CT molecular complexity index is 1220. The molecule has 0 aliphatic carbocycles. The second-order valence-corrected chi connectivity index (χ2v) is 6.55. The maximum atomic E-state index is 4.67. The van der Waals surface area contributed by atoms with Crippen molar-refractivity contribution in [1.82, 2.24) is 39.1 Å². The minimum absolute atomic E-state index is 0.464. The molecule has 9 nitrogen and oxygen atoms in total. The van der Waals surface area contributed by atoms with Gasteiger partial charge in [0.15, 0.2) is 17.1 Å². The zero-order valence-electron chi connectivity index (χ0n) is 13.7. The summed E-state index contributed by atoms with van der Waals surface area (Å²) in [6.45, 7) is 2.43. The van der Waals surface area contributed by atoms with Crippen molar-refractivity contribution in [2.75, 3.05) is 5.32 Å². The number of rotatable bonds is 4. The van der Waals surface area contributed by atoms with E-state index in [0.717, 1.165) is 33.1 Å². The Labute approximate surface area is 151 Å². The van der Waals surface area contributed by atoms with E-state index in [1.54, 1.807) is 17.0 Å². The molecule has 128 valence electrons. The third kappa shape index (κ3) is 2.47. The van der Waals surface area contributed by atoms with Gasteiger partial charge in [-0.05, 0) is 42.7 Å². The first-order valence-electron chi connectivity index (χ1n) is 7.95. The Hall–Kier alpha value is -3.40. The van der Waals surface area contributed by atoms with Crippen LogP contribution in [0.2, 0.25) is 0 Å². The summed E-state index contributed by atoms with van der Waals surface area (Å²) in [6.07, 6.45) is 3.35. The lowest BCUT2D eigenvalue weighted by molar-refractivity contribution is 0.833. The largest absolute Gasteiger partial charge is 0.376 e. The summed E-state index contributed by atoms with van der Waals surface area (Å²) in [7, 11) is 0. The van der Waals surface area contributed by atoms with Crippen molar-refractivity contribution in [3.63, 3.8) is 0 Å². The highest BCUT2D eigenvalue weighted by Crippen LogP contribution is 2.23. The lowest BCUT2D eigenvalue weighted by Crippen LogP contribution is -2.07. The van der Waals surface area contributed by atoms with Gasteiger partial charge in [0.05, 0.1) is 29.1 Å². The molecular formula is C16H13N9S. The SMILES string of the molecule is Cc1cc(-c2ccc3nnc(CNc4ccnc5[nH]cnc45)n3n2)sn1. The van der Waals surface area contributed by atoms with Crippen molar-refractivity contribution in [3.8, 4) is 10.6 Å². The molecular weight excluding hydrogens is 350 g/mol. The average Bonchev–Trinajstić information content (AvgIpc) is 3.38. The molecule has 0 bridgehead atoms. The topological polar surface area (TPSA) is 110 Å². The van der Waals surface area contributed by atoms with E-state index in [0.29, 0.717) is 18.0 Å². The van der Waals surface area contributed by atoms with Crippen molar-refractivity contribution < 1.29 is 0 Å². The Morgan fingerprint density at radius 2 is 2.15 bits per heavy atom. The number of pyridine rings is 1. The molecule has 10 heteroatoms. The molecule has 0 amide bonds. The maximum Gasteiger partial charge on any atom is 0.178 e. The van der Waals surface area contributed by atoms with Crippen LogP contribution in [0.3, 0.4) is 0 Å². The van der Waals surface area contributed by atoms with Crippen LogP contribution < -0.4 is 5.32 Å². The minimum atomic E-state index is 0.464. The molecule has 0 atom stereocenters. The van der Waals surface area contributed by atoms with E-state index in [1.807, 2.05) is 31.2 Å². The van der Waals surface area contributed by atoms with E-state index in [9.17, 15) is 0 Å². The molecule has 0 unspecified atom stereocenters. The Balaban J connectivity index is 1.48. The van der Waals surface area contributed by atoms with Gasteiger partial charge in [-0.2, -0.15) is 14.0 Å². The van der Waals surface area contributed by atoms with Gasteiger partial charge in [0.25, 0.3) is 0 Å². The monoisotopic (exact) mass is 363 g/mol. The Morgan fingerprint density at radius 1 is 1.19 bits per heavy atom. The third-order valence-electron chi connectivity index (χ3n) is 3.96. The molecule has 26 heavy (non-hydrogen) atoms. The number of H-pyrrole nitrogens is 1. The van der Waals surface area contributed by atoms with Gasteiger partial charge < -0.3 is 10.3 Å². The van der Waals surface area contributed by atoms with Crippen LogP contribution in [-0.4, -0.2) is 39.1 Å². The van der Waals surface area contributed by atoms with Gasteiger partial charge in [0.1, 0.15) is 11.2 Å². The summed E-state index contributed by atoms with van der Waals surface area (Å²) in [5.74, 6) is 0.712. The maximum absolute atomic E-state index is 4.67. The van der Waals surface area contributed by atoms with Gasteiger partial charge in [0.2, 0.25) is 0 Å². The lowest BCUT2D eigenvalue weighted by Gasteiger charge is -2.05. The van der Waals surface area contributed by atoms with E-state index in [-0.39, 0.29) is 0 Å².